The summed E-state index contributed by atoms with van der Waals surface area (Å²) in [6.45, 7) is 3.63. The number of aromatic nitrogens is 3. The highest BCUT2D eigenvalue weighted by atomic mass is 19.4. The number of halogens is 3. The summed E-state index contributed by atoms with van der Waals surface area (Å²) in [7, 11) is 0. The Bertz CT molecular complexity index is 1170. The van der Waals surface area contributed by atoms with Crippen LogP contribution in [-0.4, -0.2) is 33.0 Å². The molecule has 4 rings (SSSR count). The van der Waals surface area contributed by atoms with Crippen LogP contribution >= 0.6 is 0 Å². The number of carbonyl (C=O) groups is 1. The Hall–Kier alpha value is -3.34. The highest BCUT2D eigenvalue weighted by Gasteiger charge is 2.31. The predicted octanol–water partition coefficient (Wildman–Crippen LogP) is 2.31. The lowest BCUT2D eigenvalue weighted by atomic mass is 10.1. The fourth-order valence-electron chi connectivity index (χ4n) is 3.62. The van der Waals surface area contributed by atoms with Crippen LogP contribution < -0.4 is 20.9 Å². The van der Waals surface area contributed by atoms with E-state index in [4.69, 9.17) is 0 Å². The third-order valence-electron chi connectivity index (χ3n) is 4.87. The Morgan fingerprint density at radius 3 is 2.70 bits per heavy atom. The van der Waals surface area contributed by atoms with Gasteiger partial charge in [0.05, 0.1) is 11.8 Å². The van der Waals surface area contributed by atoms with Crippen LogP contribution in [0.25, 0.3) is 5.65 Å². The maximum Gasteiger partial charge on any atom is 0.573 e. The standard InChI is InChI=1S/C19H18F3N5O3/c1-2-26-15-7-8-23-9-13(15)18(29)27-17(26)14(10-24-27)16(28)25-11-3-5-12(6-4-11)30-19(20,21)22/h3-6,10,23H,2,7-9H2,1H3,(H,25,28). The molecule has 0 spiro atoms. The van der Waals surface area contributed by atoms with Gasteiger partial charge in [0.15, 0.2) is 5.65 Å². The average Bonchev–Trinajstić information content (AvgIpc) is 3.14. The molecule has 1 aliphatic heterocycles. The SMILES string of the molecule is CCn1c2c(c(=O)n3ncc(C(=O)Nc4ccc(OC(F)(F)F)cc4)c13)CNCC2. The molecule has 0 radical (unpaired) electrons. The highest BCUT2D eigenvalue weighted by molar-refractivity contribution is 6.08. The summed E-state index contributed by atoms with van der Waals surface area (Å²) < 4.78 is 43.8. The van der Waals surface area contributed by atoms with E-state index in [0.717, 1.165) is 24.4 Å². The summed E-state index contributed by atoms with van der Waals surface area (Å²) in [4.78, 5) is 25.6. The Morgan fingerprint density at radius 2 is 2.03 bits per heavy atom. The molecule has 30 heavy (non-hydrogen) atoms. The minimum atomic E-state index is -4.79. The van der Waals surface area contributed by atoms with Crippen molar-refractivity contribution in [1.29, 1.82) is 0 Å². The second kappa shape index (κ2) is 7.48. The van der Waals surface area contributed by atoms with E-state index in [2.05, 4.69) is 20.5 Å². The number of amides is 1. The minimum Gasteiger partial charge on any atom is -0.406 e. The van der Waals surface area contributed by atoms with Gasteiger partial charge in [-0.1, -0.05) is 0 Å². The van der Waals surface area contributed by atoms with Gasteiger partial charge < -0.3 is 19.9 Å². The van der Waals surface area contributed by atoms with Gasteiger partial charge in [0.1, 0.15) is 11.3 Å². The average molecular weight is 421 g/mol. The fraction of sp³-hybridized carbons (Fsp3) is 0.316. The van der Waals surface area contributed by atoms with Gasteiger partial charge in [-0.3, -0.25) is 9.59 Å². The van der Waals surface area contributed by atoms with E-state index in [9.17, 15) is 22.8 Å². The van der Waals surface area contributed by atoms with Crippen LogP contribution in [-0.2, 0) is 19.5 Å². The topological polar surface area (TPSA) is 89.7 Å². The number of alkyl halides is 3. The van der Waals surface area contributed by atoms with Crippen LogP contribution in [0.2, 0.25) is 0 Å². The first kappa shape index (κ1) is 20.0. The maximum absolute atomic E-state index is 12.8. The number of ether oxygens (including phenoxy) is 1. The number of aryl methyl sites for hydroxylation is 1. The molecule has 0 fully saturated rings. The molecule has 158 valence electrons. The van der Waals surface area contributed by atoms with Crippen molar-refractivity contribution in [3.05, 3.63) is 57.6 Å². The fourth-order valence-corrected chi connectivity index (χ4v) is 3.62. The molecule has 3 heterocycles. The number of nitrogens with one attached hydrogen (secondary N) is 2. The van der Waals surface area contributed by atoms with Gasteiger partial charge in [-0.25, -0.2) is 0 Å². The lowest BCUT2D eigenvalue weighted by Crippen LogP contribution is -2.36. The molecule has 0 saturated carbocycles. The highest BCUT2D eigenvalue weighted by Crippen LogP contribution is 2.24. The Balaban J connectivity index is 1.67. The van der Waals surface area contributed by atoms with Crippen molar-refractivity contribution < 1.29 is 22.7 Å². The molecule has 1 amide bonds. The van der Waals surface area contributed by atoms with Crippen molar-refractivity contribution in [3.63, 3.8) is 0 Å². The third kappa shape index (κ3) is 3.63. The molecule has 1 aromatic carbocycles. The van der Waals surface area contributed by atoms with Crippen LogP contribution in [0.5, 0.6) is 5.75 Å². The summed E-state index contributed by atoms with van der Waals surface area (Å²) in [5.74, 6) is -0.915. The van der Waals surface area contributed by atoms with Crippen molar-refractivity contribution in [3.8, 4) is 5.75 Å². The Morgan fingerprint density at radius 1 is 1.30 bits per heavy atom. The monoisotopic (exact) mass is 421 g/mol. The zero-order chi connectivity index (χ0) is 21.5. The van der Waals surface area contributed by atoms with E-state index >= 15 is 0 Å². The Kier molecular flexibility index (Phi) is 4.98. The summed E-state index contributed by atoms with van der Waals surface area (Å²) in [5.41, 5.74) is 2.09. The number of anilines is 1. The Labute approximate surface area is 168 Å². The van der Waals surface area contributed by atoms with Crippen LogP contribution in [0.1, 0.15) is 28.5 Å². The number of nitrogens with zero attached hydrogens (tertiary/aromatic N) is 3. The van der Waals surface area contributed by atoms with Gasteiger partial charge in [-0.15, -0.1) is 13.2 Å². The molecule has 0 aliphatic carbocycles. The van der Waals surface area contributed by atoms with Gasteiger partial charge in [-0.2, -0.15) is 9.61 Å². The molecule has 8 nitrogen and oxygen atoms in total. The molecular formula is C19H18F3N5O3. The van der Waals surface area contributed by atoms with E-state index in [1.807, 2.05) is 11.5 Å². The zero-order valence-electron chi connectivity index (χ0n) is 15.9. The second-order valence-electron chi connectivity index (χ2n) is 6.72. The molecular weight excluding hydrogens is 403 g/mol. The van der Waals surface area contributed by atoms with E-state index in [0.29, 0.717) is 30.7 Å². The molecule has 0 bridgehead atoms. The molecule has 2 aromatic heterocycles. The first-order chi connectivity index (χ1) is 14.3. The van der Waals surface area contributed by atoms with Crippen LogP contribution in [0.15, 0.2) is 35.3 Å². The van der Waals surface area contributed by atoms with Crippen LogP contribution in [0.3, 0.4) is 0 Å². The molecule has 11 heteroatoms. The molecule has 1 aliphatic rings. The molecule has 0 atom stereocenters. The largest absolute Gasteiger partial charge is 0.573 e. The zero-order valence-corrected chi connectivity index (χ0v) is 15.9. The maximum atomic E-state index is 12.8. The van der Waals surface area contributed by atoms with E-state index in [-0.39, 0.29) is 16.8 Å². The van der Waals surface area contributed by atoms with Crippen molar-refractivity contribution in [2.24, 2.45) is 0 Å². The van der Waals surface area contributed by atoms with E-state index in [1.54, 1.807) is 0 Å². The van der Waals surface area contributed by atoms with Gasteiger partial charge in [-0.05, 0) is 31.2 Å². The lowest BCUT2D eigenvalue weighted by Gasteiger charge is -2.22. The number of fused-ring (bicyclic) bond motifs is 2. The number of hydrogen-bond acceptors (Lipinski definition) is 5. The number of carbonyl (C=O) groups excluding carboxylic acids is 1. The molecule has 2 N–H and O–H groups in total. The van der Waals surface area contributed by atoms with E-state index < -0.39 is 18.0 Å². The van der Waals surface area contributed by atoms with Gasteiger partial charge in [0.2, 0.25) is 0 Å². The van der Waals surface area contributed by atoms with Gasteiger partial charge in [0, 0.05) is 37.4 Å². The third-order valence-corrected chi connectivity index (χ3v) is 4.87. The van der Waals surface area contributed by atoms with Crippen LogP contribution in [0, 0.1) is 0 Å². The van der Waals surface area contributed by atoms with Crippen molar-refractivity contribution in [2.45, 2.75) is 32.8 Å². The van der Waals surface area contributed by atoms with Crippen LogP contribution in [0.4, 0.5) is 18.9 Å². The minimum absolute atomic E-state index is 0.200. The summed E-state index contributed by atoms with van der Waals surface area (Å²) >= 11 is 0. The van der Waals surface area contributed by atoms with Crippen molar-refractivity contribution in [2.75, 3.05) is 11.9 Å². The molecule has 0 unspecified atom stereocenters. The predicted molar refractivity (Wildman–Crippen MR) is 102 cm³/mol. The van der Waals surface area contributed by atoms with Gasteiger partial charge >= 0.3 is 6.36 Å². The first-order valence-corrected chi connectivity index (χ1v) is 9.28. The number of rotatable bonds is 4. The van der Waals surface area contributed by atoms with Gasteiger partial charge in [0.25, 0.3) is 11.5 Å². The smallest absolute Gasteiger partial charge is 0.406 e. The molecule has 3 aromatic rings. The first-order valence-electron chi connectivity index (χ1n) is 9.28. The van der Waals surface area contributed by atoms with E-state index in [1.165, 1.54) is 22.8 Å². The number of hydrogen-bond donors (Lipinski definition) is 2. The normalized spacial score (nSPS) is 13.9. The lowest BCUT2D eigenvalue weighted by molar-refractivity contribution is -0.274. The summed E-state index contributed by atoms with van der Waals surface area (Å²) in [5, 5.41) is 9.89. The summed E-state index contributed by atoms with van der Waals surface area (Å²) in [6.07, 6.45) is -2.82. The second-order valence-corrected chi connectivity index (χ2v) is 6.72. The quantitative estimate of drug-likeness (QED) is 0.675. The van der Waals surface area contributed by atoms with Crippen molar-refractivity contribution >= 4 is 17.2 Å². The number of benzene rings is 1. The summed E-state index contributed by atoms with van der Waals surface area (Å²) in [6, 6.07) is 4.80. The van der Waals surface area contributed by atoms with Crippen molar-refractivity contribution in [1.82, 2.24) is 19.5 Å². The molecule has 0 saturated heterocycles.